The molecule has 4 heteroatoms. The highest BCUT2D eigenvalue weighted by Crippen LogP contribution is 2.18. The van der Waals surface area contributed by atoms with E-state index < -0.39 is 5.82 Å². The van der Waals surface area contributed by atoms with Crippen LogP contribution in [0.5, 0.6) is 0 Å². The molecular formula is C14H8BrFO2. The number of carbonyl (C=O) groups is 2. The summed E-state index contributed by atoms with van der Waals surface area (Å²) in [4.78, 5) is 23.1. The van der Waals surface area contributed by atoms with Gasteiger partial charge in [-0.25, -0.2) is 4.39 Å². The fourth-order valence-electron chi connectivity index (χ4n) is 1.59. The number of ketones is 1. The largest absolute Gasteiger partial charge is 0.298 e. The Morgan fingerprint density at radius 3 is 2.39 bits per heavy atom. The second kappa shape index (κ2) is 5.23. The lowest BCUT2D eigenvalue weighted by molar-refractivity contribution is 0.102. The summed E-state index contributed by atoms with van der Waals surface area (Å²) in [6, 6.07) is 10.1. The van der Waals surface area contributed by atoms with Crippen molar-refractivity contribution in [2.75, 3.05) is 0 Å². The maximum absolute atomic E-state index is 12.8. The molecule has 2 aromatic rings. The molecular weight excluding hydrogens is 299 g/mol. The van der Waals surface area contributed by atoms with E-state index >= 15 is 0 Å². The maximum Gasteiger partial charge on any atom is 0.193 e. The average molecular weight is 307 g/mol. The van der Waals surface area contributed by atoms with Gasteiger partial charge in [0.25, 0.3) is 0 Å². The van der Waals surface area contributed by atoms with Gasteiger partial charge in [-0.2, -0.15) is 0 Å². The van der Waals surface area contributed by atoms with Gasteiger partial charge in [0.2, 0.25) is 0 Å². The van der Waals surface area contributed by atoms with Crippen molar-refractivity contribution < 1.29 is 14.0 Å². The molecule has 0 aliphatic heterocycles. The Bertz CT molecular complexity index is 606. The molecule has 0 saturated heterocycles. The zero-order chi connectivity index (χ0) is 13.1. The lowest BCUT2D eigenvalue weighted by Gasteiger charge is -2.04. The molecule has 2 nitrogen and oxygen atoms in total. The van der Waals surface area contributed by atoms with E-state index in [-0.39, 0.29) is 5.78 Å². The van der Waals surface area contributed by atoms with Gasteiger partial charge in [-0.05, 0) is 42.5 Å². The van der Waals surface area contributed by atoms with Crippen LogP contribution in [0.4, 0.5) is 4.39 Å². The number of halogens is 2. The van der Waals surface area contributed by atoms with E-state index in [1.165, 1.54) is 24.3 Å². The number of rotatable bonds is 3. The average Bonchev–Trinajstić information content (AvgIpc) is 2.38. The molecule has 0 N–H and O–H groups in total. The topological polar surface area (TPSA) is 34.1 Å². The number of benzene rings is 2. The smallest absolute Gasteiger partial charge is 0.193 e. The first-order valence-electron chi connectivity index (χ1n) is 5.17. The third kappa shape index (κ3) is 2.54. The zero-order valence-corrected chi connectivity index (χ0v) is 10.8. The zero-order valence-electron chi connectivity index (χ0n) is 9.19. The molecule has 0 amide bonds. The Labute approximate surface area is 112 Å². The summed E-state index contributed by atoms with van der Waals surface area (Å²) in [5.74, 6) is -0.706. The summed E-state index contributed by atoms with van der Waals surface area (Å²) >= 11 is 3.23. The Morgan fingerprint density at radius 2 is 1.78 bits per heavy atom. The first kappa shape index (κ1) is 12.6. The monoisotopic (exact) mass is 306 g/mol. The molecule has 0 unspecified atom stereocenters. The van der Waals surface area contributed by atoms with Gasteiger partial charge in [0.1, 0.15) is 5.82 Å². The summed E-state index contributed by atoms with van der Waals surface area (Å²) in [6.07, 6.45) is 0.627. The van der Waals surface area contributed by atoms with E-state index in [1.807, 2.05) is 0 Å². The van der Waals surface area contributed by atoms with Gasteiger partial charge in [-0.15, -0.1) is 0 Å². The number of carbonyl (C=O) groups excluding carboxylic acids is 2. The van der Waals surface area contributed by atoms with Crippen molar-refractivity contribution in [3.8, 4) is 0 Å². The Hall–Kier alpha value is -1.81. The Kier molecular flexibility index (Phi) is 3.67. The van der Waals surface area contributed by atoms with Crippen LogP contribution in [0.25, 0.3) is 0 Å². The molecule has 0 fully saturated rings. The van der Waals surface area contributed by atoms with E-state index in [9.17, 15) is 14.0 Å². The SMILES string of the molecule is O=Cc1cc(Br)ccc1C(=O)c1ccc(F)cc1. The molecule has 18 heavy (non-hydrogen) atoms. The number of hydrogen-bond acceptors (Lipinski definition) is 2. The van der Waals surface area contributed by atoms with Gasteiger partial charge < -0.3 is 0 Å². The van der Waals surface area contributed by atoms with Gasteiger partial charge in [-0.1, -0.05) is 15.9 Å². The van der Waals surface area contributed by atoms with Crippen molar-refractivity contribution in [2.24, 2.45) is 0 Å². The molecule has 0 bridgehead atoms. The normalized spacial score (nSPS) is 10.1. The number of hydrogen-bond donors (Lipinski definition) is 0. The van der Waals surface area contributed by atoms with Gasteiger partial charge in [0, 0.05) is 21.2 Å². The third-order valence-corrected chi connectivity index (χ3v) is 2.98. The summed E-state index contributed by atoms with van der Waals surface area (Å²) in [5, 5.41) is 0. The summed E-state index contributed by atoms with van der Waals surface area (Å²) in [5.41, 5.74) is 0.959. The first-order chi connectivity index (χ1) is 8.61. The maximum atomic E-state index is 12.8. The van der Waals surface area contributed by atoms with Gasteiger partial charge >= 0.3 is 0 Å². The molecule has 0 radical (unpaired) electrons. The Balaban J connectivity index is 2.45. The highest BCUT2D eigenvalue weighted by atomic mass is 79.9. The second-order valence-electron chi connectivity index (χ2n) is 3.69. The van der Waals surface area contributed by atoms with Crippen LogP contribution >= 0.6 is 15.9 Å². The minimum Gasteiger partial charge on any atom is -0.298 e. The van der Waals surface area contributed by atoms with Crippen molar-refractivity contribution in [1.82, 2.24) is 0 Å². The van der Waals surface area contributed by atoms with Crippen LogP contribution in [0.2, 0.25) is 0 Å². The summed E-state index contributed by atoms with van der Waals surface area (Å²) in [7, 11) is 0. The van der Waals surface area contributed by atoms with Crippen molar-refractivity contribution in [1.29, 1.82) is 0 Å². The molecule has 2 rings (SSSR count). The lowest BCUT2D eigenvalue weighted by Crippen LogP contribution is -2.05. The highest BCUT2D eigenvalue weighted by Gasteiger charge is 2.13. The van der Waals surface area contributed by atoms with Gasteiger partial charge in [0.05, 0.1) is 0 Å². The fraction of sp³-hybridized carbons (Fsp3) is 0. The van der Waals surface area contributed by atoms with Crippen molar-refractivity contribution in [2.45, 2.75) is 0 Å². The van der Waals surface area contributed by atoms with Crippen LogP contribution in [0.1, 0.15) is 26.3 Å². The van der Waals surface area contributed by atoms with Crippen LogP contribution in [-0.2, 0) is 0 Å². The highest BCUT2D eigenvalue weighted by molar-refractivity contribution is 9.10. The summed E-state index contributed by atoms with van der Waals surface area (Å²) in [6.45, 7) is 0. The van der Waals surface area contributed by atoms with Crippen molar-refractivity contribution in [3.63, 3.8) is 0 Å². The van der Waals surface area contributed by atoms with Gasteiger partial charge in [0.15, 0.2) is 12.1 Å². The van der Waals surface area contributed by atoms with Crippen molar-refractivity contribution in [3.05, 3.63) is 69.4 Å². The molecule has 2 aromatic carbocycles. The van der Waals surface area contributed by atoms with E-state index in [0.717, 1.165) is 4.47 Å². The fourth-order valence-corrected chi connectivity index (χ4v) is 1.97. The van der Waals surface area contributed by atoms with E-state index in [4.69, 9.17) is 0 Å². The molecule has 0 atom stereocenters. The van der Waals surface area contributed by atoms with Crippen LogP contribution in [0.15, 0.2) is 46.9 Å². The van der Waals surface area contributed by atoms with Crippen LogP contribution in [0.3, 0.4) is 0 Å². The minimum absolute atomic E-state index is 0.301. The predicted molar refractivity (Wildman–Crippen MR) is 69.4 cm³/mol. The predicted octanol–water partition coefficient (Wildman–Crippen LogP) is 3.63. The van der Waals surface area contributed by atoms with Crippen LogP contribution < -0.4 is 0 Å². The molecule has 0 aromatic heterocycles. The van der Waals surface area contributed by atoms with E-state index in [1.54, 1.807) is 18.2 Å². The molecule has 90 valence electrons. The Morgan fingerprint density at radius 1 is 1.11 bits per heavy atom. The minimum atomic E-state index is -0.405. The third-order valence-electron chi connectivity index (χ3n) is 2.49. The molecule has 0 aliphatic carbocycles. The molecule has 0 heterocycles. The van der Waals surface area contributed by atoms with E-state index in [0.29, 0.717) is 23.0 Å². The standard InChI is InChI=1S/C14H8BrFO2/c15-11-3-6-13(10(7-11)8-17)14(18)9-1-4-12(16)5-2-9/h1-8H. The first-order valence-corrected chi connectivity index (χ1v) is 5.96. The molecule has 0 saturated carbocycles. The summed E-state index contributed by atoms with van der Waals surface area (Å²) < 4.78 is 13.5. The molecule has 0 aliphatic rings. The lowest BCUT2D eigenvalue weighted by atomic mass is 9.99. The van der Waals surface area contributed by atoms with Crippen LogP contribution in [-0.4, -0.2) is 12.1 Å². The van der Waals surface area contributed by atoms with Crippen molar-refractivity contribution >= 4 is 28.0 Å². The van der Waals surface area contributed by atoms with E-state index in [2.05, 4.69) is 15.9 Å². The molecule has 0 spiro atoms. The number of aldehydes is 1. The quantitative estimate of drug-likeness (QED) is 0.641. The van der Waals surface area contributed by atoms with Gasteiger partial charge in [-0.3, -0.25) is 9.59 Å². The van der Waals surface area contributed by atoms with Crippen LogP contribution in [0, 0.1) is 5.82 Å². The second-order valence-corrected chi connectivity index (χ2v) is 4.60.